The van der Waals surface area contributed by atoms with E-state index in [1.807, 2.05) is 14.0 Å². The van der Waals surface area contributed by atoms with E-state index in [9.17, 15) is 8.42 Å². The Labute approximate surface area is 121 Å². The number of nitrogen functional groups attached to an aromatic ring is 1. The van der Waals surface area contributed by atoms with Gasteiger partial charge in [-0.15, -0.1) is 0 Å². The van der Waals surface area contributed by atoms with Gasteiger partial charge in [0.2, 0.25) is 10.0 Å². The fraction of sp³-hybridized carbons (Fsp3) is 0.571. The number of hydrogen-bond acceptors (Lipinski definition) is 4. The van der Waals surface area contributed by atoms with Crippen molar-refractivity contribution < 1.29 is 8.42 Å². The largest absolute Gasteiger partial charge is 0.398 e. The third kappa shape index (κ3) is 2.68. The molecule has 1 fully saturated rings. The zero-order valence-electron chi connectivity index (χ0n) is 12.5. The molecule has 0 spiro atoms. The van der Waals surface area contributed by atoms with Crippen LogP contribution in [0.4, 0.5) is 5.69 Å². The van der Waals surface area contributed by atoms with E-state index in [2.05, 4.69) is 18.7 Å². The molecule has 112 valence electrons. The molecule has 1 aromatic rings. The molecule has 1 heterocycles. The molecule has 0 atom stereocenters. The summed E-state index contributed by atoms with van der Waals surface area (Å²) >= 11 is 0. The Morgan fingerprint density at radius 3 is 2.45 bits per heavy atom. The molecule has 0 unspecified atom stereocenters. The number of anilines is 1. The molecule has 2 N–H and O–H groups in total. The number of nitrogens with two attached hydrogens (primary N) is 1. The van der Waals surface area contributed by atoms with Crippen LogP contribution in [0.5, 0.6) is 0 Å². The Morgan fingerprint density at radius 1 is 1.25 bits per heavy atom. The van der Waals surface area contributed by atoms with Crippen LogP contribution in [0, 0.1) is 6.92 Å². The highest BCUT2D eigenvalue weighted by atomic mass is 32.2. The molecule has 0 amide bonds. The summed E-state index contributed by atoms with van der Waals surface area (Å²) in [4.78, 5) is 2.46. The van der Waals surface area contributed by atoms with Gasteiger partial charge < -0.3 is 5.73 Å². The lowest BCUT2D eigenvalue weighted by molar-refractivity contribution is 0.0801. The van der Waals surface area contributed by atoms with Crippen LogP contribution in [0.3, 0.4) is 0 Å². The van der Waals surface area contributed by atoms with Crippen LogP contribution in [-0.2, 0) is 10.0 Å². The number of likely N-dealkylation sites (N-methyl/N-ethyl adjacent to an activating group) is 1. The van der Waals surface area contributed by atoms with Crippen LogP contribution >= 0.6 is 0 Å². The predicted octanol–water partition coefficient (Wildman–Crippen LogP) is 1.29. The zero-order valence-corrected chi connectivity index (χ0v) is 13.4. The van der Waals surface area contributed by atoms with Crippen LogP contribution in [0.15, 0.2) is 23.1 Å². The quantitative estimate of drug-likeness (QED) is 0.835. The smallest absolute Gasteiger partial charge is 0.243 e. The Balaban J connectivity index is 2.33. The minimum Gasteiger partial charge on any atom is -0.398 e. The lowest BCUT2D eigenvalue weighted by atomic mass is 10.0. The van der Waals surface area contributed by atoms with E-state index in [1.54, 1.807) is 22.5 Å². The Kier molecular flexibility index (Phi) is 3.83. The van der Waals surface area contributed by atoms with E-state index >= 15 is 0 Å². The molecule has 1 saturated heterocycles. The number of benzene rings is 1. The van der Waals surface area contributed by atoms with Crippen molar-refractivity contribution in [2.24, 2.45) is 0 Å². The van der Waals surface area contributed by atoms with Gasteiger partial charge in [0.05, 0.1) is 4.90 Å². The summed E-state index contributed by atoms with van der Waals surface area (Å²) in [5.74, 6) is 0. The summed E-state index contributed by atoms with van der Waals surface area (Å²) in [5.41, 5.74) is 7.07. The molecule has 0 bridgehead atoms. The number of piperazine rings is 1. The Bertz CT molecular complexity index is 611. The Hall–Kier alpha value is -1.11. The van der Waals surface area contributed by atoms with Crippen molar-refractivity contribution in [3.63, 3.8) is 0 Å². The van der Waals surface area contributed by atoms with E-state index in [0.717, 1.165) is 12.1 Å². The van der Waals surface area contributed by atoms with E-state index in [-0.39, 0.29) is 10.4 Å². The molecular formula is C14H23N3O2S. The first-order valence-electron chi connectivity index (χ1n) is 6.72. The maximum atomic E-state index is 12.7. The van der Waals surface area contributed by atoms with Crippen molar-refractivity contribution in [3.05, 3.63) is 23.8 Å². The van der Waals surface area contributed by atoms with Crippen molar-refractivity contribution in [1.29, 1.82) is 0 Å². The van der Waals surface area contributed by atoms with Gasteiger partial charge in [0.15, 0.2) is 0 Å². The molecule has 0 saturated carbocycles. The maximum absolute atomic E-state index is 12.7. The molecule has 20 heavy (non-hydrogen) atoms. The second-order valence-corrected chi connectivity index (χ2v) is 8.03. The maximum Gasteiger partial charge on any atom is 0.243 e. The van der Waals surface area contributed by atoms with Crippen molar-refractivity contribution >= 4 is 15.7 Å². The van der Waals surface area contributed by atoms with Gasteiger partial charge in [0.25, 0.3) is 0 Å². The molecule has 6 heteroatoms. The Morgan fingerprint density at radius 2 is 1.90 bits per heavy atom. The second-order valence-electron chi connectivity index (χ2n) is 6.09. The number of rotatable bonds is 2. The summed E-state index contributed by atoms with van der Waals surface area (Å²) in [5, 5.41) is 0. The molecule has 0 radical (unpaired) electrons. The standard InChI is InChI=1S/C14H23N3O2S/c1-11-5-6-12(9-13(11)15)20(18,19)17-8-7-16(4)14(2,3)10-17/h5-6,9H,7-8,10,15H2,1-4H3. The molecule has 2 rings (SSSR count). The average molecular weight is 297 g/mol. The first-order chi connectivity index (χ1) is 9.14. The topological polar surface area (TPSA) is 66.6 Å². The average Bonchev–Trinajstić information content (AvgIpc) is 2.35. The summed E-state index contributed by atoms with van der Waals surface area (Å²) < 4.78 is 26.9. The van der Waals surface area contributed by atoms with E-state index in [0.29, 0.717) is 18.8 Å². The minimum atomic E-state index is -3.47. The van der Waals surface area contributed by atoms with E-state index in [4.69, 9.17) is 5.73 Å². The van der Waals surface area contributed by atoms with Gasteiger partial charge in [0.1, 0.15) is 0 Å². The van der Waals surface area contributed by atoms with E-state index in [1.165, 1.54) is 0 Å². The number of sulfonamides is 1. The van der Waals surface area contributed by atoms with Crippen LogP contribution in [0.1, 0.15) is 19.4 Å². The normalized spacial score (nSPS) is 21.0. The highest BCUT2D eigenvalue weighted by molar-refractivity contribution is 7.89. The lowest BCUT2D eigenvalue weighted by Crippen LogP contribution is -2.58. The monoisotopic (exact) mass is 297 g/mol. The number of aryl methyl sites for hydroxylation is 1. The van der Waals surface area contributed by atoms with Crippen molar-refractivity contribution in [2.75, 3.05) is 32.4 Å². The van der Waals surface area contributed by atoms with Crippen LogP contribution in [-0.4, -0.2) is 49.8 Å². The van der Waals surface area contributed by atoms with Crippen LogP contribution in [0.25, 0.3) is 0 Å². The van der Waals surface area contributed by atoms with Crippen molar-refractivity contribution in [1.82, 2.24) is 9.21 Å². The lowest BCUT2D eigenvalue weighted by Gasteiger charge is -2.44. The van der Waals surface area contributed by atoms with Crippen LogP contribution in [0.2, 0.25) is 0 Å². The SMILES string of the molecule is Cc1ccc(S(=O)(=O)N2CCN(C)C(C)(C)C2)cc1N. The summed E-state index contributed by atoms with van der Waals surface area (Å²) in [6.45, 7) is 7.70. The summed E-state index contributed by atoms with van der Waals surface area (Å²) in [6.07, 6.45) is 0. The molecule has 1 aromatic carbocycles. The van der Waals surface area contributed by atoms with E-state index < -0.39 is 10.0 Å². The molecular weight excluding hydrogens is 274 g/mol. The van der Waals surface area contributed by atoms with Gasteiger partial charge in [-0.25, -0.2) is 8.42 Å². The highest BCUT2D eigenvalue weighted by Gasteiger charge is 2.37. The second kappa shape index (κ2) is 5.02. The van der Waals surface area contributed by atoms with Crippen molar-refractivity contribution in [3.8, 4) is 0 Å². The first-order valence-corrected chi connectivity index (χ1v) is 8.16. The van der Waals surface area contributed by atoms with Gasteiger partial charge in [-0.2, -0.15) is 4.31 Å². The van der Waals surface area contributed by atoms with Gasteiger partial charge in [-0.1, -0.05) is 6.07 Å². The fourth-order valence-electron chi connectivity index (χ4n) is 2.33. The summed E-state index contributed by atoms with van der Waals surface area (Å²) in [6, 6.07) is 4.94. The molecule has 1 aliphatic rings. The van der Waals surface area contributed by atoms with Gasteiger partial charge in [-0.05, 0) is 45.5 Å². The van der Waals surface area contributed by atoms with Crippen molar-refractivity contribution in [2.45, 2.75) is 31.2 Å². The zero-order chi connectivity index (χ0) is 15.1. The fourth-order valence-corrected chi connectivity index (χ4v) is 3.95. The van der Waals surface area contributed by atoms with Gasteiger partial charge in [0, 0.05) is 30.9 Å². The van der Waals surface area contributed by atoms with Gasteiger partial charge in [-0.3, -0.25) is 4.90 Å². The van der Waals surface area contributed by atoms with Crippen LogP contribution < -0.4 is 5.73 Å². The third-order valence-corrected chi connectivity index (χ3v) is 6.01. The third-order valence-electron chi connectivity index (χ3n) is 4.17. The molecule has 1 aliphatic heterocycles. The predicted molar refractivity (Wildman–Crippen MR) is 81.1 cm³/mol. The molecule has 0 aliphatic carbocycles. The molecule has 0 aromatic heterocycles. The minimum absolute atomic E-state index is 0.165. The summed E-state index contributed by atoms with van der Waals surface area (Å²) in [7, 11) is -1.45. The number of nitrogens with zero attached hydrogens (tertiary/aromatic N) is 2. The first kappa shape index (κ1) is 15.3. The van der Waals surface area contributed by atoms with Gasteiger partial charge >= 0.3 is 0 Å². The highest BCUT2D eigenvalue weighted by Crippen LogP contribution is 2.26. The number of hydrogen-bond donors (Lipinski definition) is 1. The molecule has 5 nitrogen and oxygen atoms in total.